The Morgan fingerprint density at radius 3 is 2.83 bits per heavy atom. The van der Waals surface area contributed by atoms with Gasteiger partial charge in [-0.1, -0.05) is 12.8 Å². The molecular weight excluding hydrogens is 152 g/mol. The first kappa shape index (κ1) is 9.96. The Hall–Kier alpha value is -0.120. The third-order valence-electron chi connectivity index (χ3n) is 2.63. The van der Waals surface area contributed by atoms with Gasteiger partial charge in [-0.3, -0.25) is 4.90 Å². The Morgan fingerprint density at radius 1 is 1.33 bits per heavy atom. The normalized spacial score (nSPS) is 27.0. The van der Waals surface area contributed by atoms with Gasteiger partial charge in [0.1, 0.15) is 0 Å². The van der Waals surface area contributed by atoms with Crippen molar-refractivity contribution in [2.24, 2.45) is 5.73 Å². The molecule has 1 atom stereocenters. The van der Waals surface area contributed by atoms with E-state index in [4.69, 9.17) is 10.8 Å². The maximum Gasteiger partial charge on any atom is 0.0586 e. The highest BCUT2D eigenvalue weighted by Crippen LogP contribution is 2.15. The van der Waals surface area contributed by atoms with E-state index >= 15 is 0 Å². The number of aliphatic hydroxyl groups excluding tert-OH is 1. The van der Waals surface area contributed by atoms with Crippen LogP contribution in [0.4, 0.5) is 0 Å². The lowest BCUT2D eigenvalue weighted by atomic mass is 10.1. The van der Waals surface area contributed by atoms with Crippen molar-refractivity contribution in [2.45, 2.75) is 31.7 Å². The second kappa shape index (κ2) is 5.51. The van der Waals surface area contributed by atoms with Gasteiger partial charge in [-0.15, -0.1) is 0 Å². The molecule has 0 aromatic heterocycles. The fourth-order valence-electron chi connectivity index (χ4n) is 1.90. The summed E-state index contributed by atoms with van der Waals surface area (Å²) >= 11 is 0. The van der Waals surface area contributed by atoms with Crippen LogP contribution in [0.5, 0.6) is 0 Å². The smallest absolute Gasteiger partial charge is 0.0586 e. The van der Waals surface area contributed by atoms with Gasteiger partial charge in [0.05, 0.1) is 6.61 Å². The van der Waals surface area contributed by atoms with E-state index in [1.807, 2.05) is 0 Å². The van der Waals surface area contributed by atoms with Gasteiger partial charge in [0, 0.05) is 19.1 Å². The number of nitrogens with zero attached hydrogens (tertiary/aromatic N) is 1. The van der Waals surface area contributed by atoms with Crippen LogP contribution in [0.15, 0.2) is 0 Å². The zero-order valence-electron chi connectivity index (χ0n) is 7.71. The molecule has 0 radical (unpaired) electrons. The summed E-state index contributed by atoms with van der Waals surface area (Å²) < 4.78 is 0. The maximum atomic E-state index is 9.13. The Labute approximate surface area is 74.5 Å². The third kappa shape index (κ3) is 2.73. The van der Waals surface area contributed by atoms with Gasteiger partial charge in [0.2, 0.25) is 0 Å². The first-order chi connectivity index (χ1) is 5.88. The van der Waals surface area contributed by atoms with Gasteiger partial charge in [-0.05, 0) is 19.4 Å². The molecule has 0 amide bonds. The molecule has 12 heavy (non-hydrogen) atoms. The second-order valence-corrected chi connectivity index (χ2v) is 3.51. The zero-order chi connectivity index (χ0) is 8.81. The Balaban J connectivity index is 2.39. The molecule has 1 aliphatic heterocycles. The number of nitrogens with two attached hydrogens (primary N) is 1. The SMILES string of the molecule is NCCN1CCCCCC1CO. The van der Waals surface area contributed by atoms with Crippen molar-refractivity contribution < 1.29 is 5.11 Å². The topological polar surface area (TPSA) is 49.5 Å². The summed E-state index contributed by atoms with van der Waals surface area (Å²) in [6.45, 7) is 3.05. The monoisotopic (exact) mass is 172 g/mol. The van der Waals surface area contributed by atoms with Crippen molar-refractivity contribution in [1.29, 1.82) is 0 Å². The second-order valence-electron chi connectivity index (χ2n) is 3.51. The number of rotatable bonds is 3. The molecule has 1 heterocycles. The van der Waals surface area contributed by atoms with Crippen molar-refractivity contribution >= 4 is 0 Å². The minimum absolute atomic E-state index is 0.292. The van der Waals surface area contributed by atoms with Crippen molar-refractivity contribution in [3.63, 3.8) is 0 Å². The average Bonchev–Trinajstić information content (AvgIpc) is 2.30. The first-order valence-electron chi connectivity index (χ1n) is 4.93. The predicted octanol–water partition coefficient (Wildman–Crippen LogP) is 0.182. The summed E-state index contributed by atoms with van der Waals surface area (Å²) in [6.07, 6.45) is 4.96. The molecule has 1 saturated heterocycles. The van der Waals surface area contributed by atoms with Crippen LogP contribution < -0.4 is 5.73 Å². The molecule has 3 nitrogen and oxygen atoms in total. The van der Waals surface area contributed by atoms with Crippen LogP contribution in [0.2, 0.25) is 0 Å². The molecular formula is C9H20N2O. The van der Waals surface area contributed by atoms with Crippen LogP contribution in [-0.4, -0.2) is 42.3 Å². The summed E-state index contributed by atoms with van der Waals surface area (Å²) in [7, 11) is 0. The van der Waals surface area contributed by atoms with Crippen LogP contribution in [-0.2, 0) is 0 Å². The molecule has 0 saturated carbocycles. The lowest BCUT2D eigenvalue weighted by Gasteiger charge is -2.27. The van der Waals surface area contributed by atoms with E-state index in [0.29, 0.717) is 19.2 Å². The van der Waals surface area contributed by atoms with E-state index in [-0.39, 0.29) is 0 Å². The fraction of sp³-hybridized carbons (Fsp3) is 1.00. The molecule has 1 unspecified atom stereocenters. The van der Waals surface area contributed by atoms with Crippen molar-refractivity contribution in [1.82, 2.24) is 4.90 Å². The lowest BCUT2D eigenvalue weighted by molar-refractivity contribution is 0.127. The quantitative estimate of drug-likeness (QED) is 0.638. The maximum absolute atomic E-state index is 9.13. The van der Waals surface area contributed by atoms with E-state index in [9.17, 15) is 0 Å². The summed E-state index contributed by atoms with van der Waals surface area (Å²) in [5, 5.41) is 9.13. The summed E-state index contributed by atoms with van der Waals surface area (Å²) in [4.78, 5) is 2.33. The van der Waals surface area contributed by atoms with Gasteiger partial charge in [0.15, 0.2) is 0 Å². The Bertz CT molecular complexity index is 119. The average molecular weight is 172 g/mol. The summed E-state index contributed by atoms with van der Waals surface area (Å²) in [6, 6.07) is 0.371. The van der Waals surface area contributed by atoms with Crippen LogP contribution in [0.3, 0.4) is 0 Å². The number of hydrogen-bond acceptors (Lipinski definition) is 3. The lowest BCUT2D eigenvalue weighted by Crippen LogP contribution is -2.40. The van der Waals surface area contributed by atoms with Gasteiger partial charge in [0.25, 0.3) is 0 Å². The molecule has 1 aliphatic rings. The molecule has 1 fully saturated rings. The summed E-state index contributed by atoms with van der Waals surface area (Å²) in [5.41, 5.74) is 5.50. The zero-order valence-corrected chi connectivity index (χ0v) is 7.71. The van der Waals surface area contributed by atoms with Gasteiger partial charge < -0.3 is 10.8 Å². The van der Waals surface area contributed by atoms with Crippen LogP contribution in [0.1, 0.15) is 25.7 Å². The largest absolute Gasteiger partial charge is 0.395 e. The fourth-order valence-corrected chi connectivity index (χ4v) is 1.90. The molecule has 0 aliphatic carbocycles. The number of hydrogen-bond donors (Lipinski definition) is 2. The summed E-state index contributed by atoms with van der Waals surface area (Å²) in [5.74, 6) is 0. The van der Waals surface area contributed by atoms with Crippen molar-refractivity contribution in [3.8, 4) is 0 Å². The van der Waals surface area contributed by atoms with Crippen LogP contribution in [0.25, 0.3) is 0 Å². The molecule has 0 aromatic carbocycles. The van der Waals surface area contributed by atoms with E-state index in [0.717, 1.165) is 19.5 Å². The predicted molar refractivity (Wildman–Crippen MR) is 50.0 cm³/mol. The van der Waals surface area contributed by atoms with Crippen molar-refractivity contribution in [3.05, 3.63) is 0 Å². The standard InChI is InChI=1S/C9H20N2O/c10-5-7-11-6-3-1-2-4-9(11)8-12/h9,12H,1-8,10H2. The highest BCUT2D eigenvalue weighted by molar-refractivity contribution is 4.74. The van der Waals surface area contributed by atoms with Crippen LogP contribution in [0, 0.1) is 0 Å². The van der Waals surface area contributed by atoms with E-state index < -0.39 is 0 Å². The van der Waals surface area contributed by atoms with Gasteiger partial charge in [-0.25, -0.2) is 0 Å². The molecule has 3 N–H and O–H groups in total. The van der Waals surface area contributed by atoms with Gasteiger partial charge >= 0.3 is 0 Å². The minimum Gasteiger partial charge on any atom is -0.395 e. The van der Waals surface area contributed by atoms with Crippen molar-refractivity contribution in [2.75, 3.05) is 26.2 Å². The highest BCUT2D eigenvalue weighted by atomic mass is 16.3. The Kier molecular flexibility index (Phi) is 4.58. The molecule has 3 heteroatoms. The van der Waals surface area contributed by atoms with E-state index in [1.54, 1.807) is 0 Å². The van der Waals surface area contributed by atoms with E-state index in [1.165, 1.54) is 19.3 Å². The van der Waals surface area contributed by atoms with Crippen LogP contribution >= 0.6 is 0 Å². The molecule has 1 rings (SSSR count). The molecule has 0 bridgehead atoms. The third-order valence-corrected chi connectivity index (χ3v) is 2.63. The van der Waals surface area contributed by atoms with Gasteiger partial charge in [-0.2, -0.15) is 0 Å². The Morgan fingerprint density at radius 2 is 2.17 bits per heavy atom. The highest BCUT2D eigenvalue weighted by Gasteiger charge is 2.18. The molecule has 0 spiro atoms. The minimum atomic E-state index is 0.292. The number of aliphatic hydroxyl groups is 1. The molecule has 0 aromatic rings. The number of likely N-dealkylation sites (tertiary alicyclic amines) is 1. The molecule has 72 valence electrons. The first-order valence-corrected chi connectivity index (χ1v) is 4.93. The van der Waals surface area contributed by atoms with E-state index in [2.05, 4.69) is 4.90 Å².